The number of thioether (sulfide) groups is 1. The van der Waals surface area contributed by atoms with E-state index in [1.54, 1.807) is 6.08 Å². The summed E-state index contributed by atoms with van der Waals surface area (Å²) < 4.78 is 5.53. The Hall–Kier alpha value is -2.31. The van der Waals surface area contributed by atoms with Gasteiger partial charge in [0.2, 0.25) is 0 Å². The number of carbonyl (C=O) groups is 1. The van der Waals surface area contributed by atoms with Crippen LogP contribution < -0.4 is 0 Å². The lowest BCUT2D eigenvalue weighted by Crippen LogP contribution is -2.47. The van der Waals surface area contributed by atoms with Gasteiger partial charge in [-0.25, -0.2) is 0 Å². The van der Waals surface area contributed by atoms with E-state index in [1.165, 1.54) is 17.3 Å². The Morgan fingerprint density at radius 2 is 1.88 bits per heavy atom. The van der Waals surface area contributed by atoms with Gasteiger partial charge in [-0.05, 0) is 36.4 Å². The molecule has 0 atom stereocenters. The Labute approximate surface area is 157 Å². The molecule has 0 bridgehead atoms. The fourth-order valence-corrected chi connectivity index (χ4v) is 4.08. The monoisotopic (exact) mass is 367 g/mol. The zero-order valence-corrected chi connectivity index (χ0v) is 15.5. The van der Waals surface area contributed by atoms with Gasteiger partial charge in [-0.1, -0.05) is 30.3 Å². The molecule has 0 radical (unpaired) electrons. The van der Waals surface area contributed by atoms with Crippen molar-refractivity contribution in [1.82, 2.24) is 9.80 Å². The molecule has 1 saturated heterocycles. The van der Waals surface area contributed by atoms with E-state index in [0.717, 1.165) is 43.7 Å². The SMILES string of the molecule is Cc1ccc(C=C2SC(N3CCN(Cc4ccccc4)CC3)=NC2=O)o1. The average molecular weight is 367 g/mol. The van der Waals surface area contributed by atoms with Crippen LogP contribution in [-0.2, 0) is 11.3 Å². The Bertz CT molecular complexity index is 849. The second-order valence-corrected chi connectivity index (χ2v) is 7.52. The van der Waals surface area contributed by atoms with Crippen LogP contribution in [0.15, 0.2) is 56.8 Å². The highest BCUT2D eigenvalue weighted by Gasteiger charge is 2.28. The number of furan rings is 1. The van der Waals surface area contributed by atoms with Crippen LogP contribution in [0.25, 0.3) is 6.08 Å². The van der Waals surface area contributed by atoms with Gasteiger partial charge in [0.25, 0.3) is 5.91 Å². The van der Waals surface area contributed by atoms with E-state index in [4.69, 9.17) is 4.42 Å². The molecule has 0 N–H and O–H groups in total. The predicted octanol–water partition coefficient (Wildman–Crippen LogP) is 3.38. The molecule has 0 aliphatic carbocycles. The van der Waals surface area contributed by atoms with Gasteiger partial charge in [0.05, 0.1) is 4.91 Å². The first-order chi connectivity index (χ1) is 12.7. The minimum absolute atomic E-state index is 0.175. The van der Waals surface area contributed by atoms with Crippen LogP contribution >= 0.6 is 11.8 Å². The molecule has 1 aromatic carbocycles. The van der Waals surface area contributed by atoms with Crippen molar-refractivity contribution in [3.8, 4) is 0 Å². The summed E-state index contributed by atoms with van der Waals surface area (Å²) in [6, 6.07) is 14.3. The van der Waals surface area contributed by atoms with Crippen LogP contribution in [0.3, 0.4) is 0 Å². The summed E-state index contributed by atoms with van der Waals surface area (Å²) in [7, 11) is 0. The molecule has 1 amide bonds. The van der Waals surface area contributed by atoms with Gasteiger partial charge >= 0.3 is 0 Å². The van der Waals surface area contributed by atoms with Crippen molar-refractivity contribution in [3.63, 3.8) is 0 Å². The van der Waals surface area contributed by atoms with Gasteiger partial charge < -0.3 is 9.32 Å². The summed E-state index contributed by atoms with van der Waals surface area (Å²) in [4.78, 5) is 21.7. The summed E-state index contributed by atoms with van der Waals surface area (Å²) in [6.45, 7) is 6.58. The zero-order chi connectivity index (χ0) is 17.9. The standard InChI is InChI=1S/C20H21N3O2S/c1-15-7-8-17(25-15)13-18-19(24)21-20(26-18)23-11-9-22(10-12-23)14-16-5-3-2-4-6-16/h2-8,13H,9-12,14H2,1H3. The maximum atomic E-state index is 12.2. The van der Waals surface area contributed by atoms with Crippen LogP contribution in [0, 0.1) is 6.92 Å². The fourth-order valence-electron chi connectivity index (χ4n) is 3.13. The van der Waals surface area contributed by atoms with E-state index in [2.05, 4.69) is 39.1 Å². The lowest BCUT2D eigenvalue weighted by Gasteiger charge is -2.35. The number of aryl methyl sites for hydroxylation is 1. The minimum atomic E-state index is -0.175. The van der Waals surface area contributed by atoms with E-state index in [9.17, 15) is 4.79 Å². The Morgan fingerprint density at radius 1 is 1.12 bits per heavy atom. The number of aliphatic imine (C=N–C) groups is 1. The smallest absolute Gasteiger partial charge is 0.286 e. The molecule has 5 nitrogen and oxygen atoms in total. The van der Waals surface area contributed by atoms with Crippen molar-refractivity contribution in [2.24, 2.45) is 4.99 Å². The summed E-state index contributed by atoms with van der Waals surface area (Å²) >= 11 is 1.44. The highest BCUT2D eigenvalue weighted by atomic mass is 32.2. The van der Waals surface area contributed by atoms with Crippen molar-refractivity contribution in [2.45, 2.75) is 13.5 Å². The number of rotatable bonds is 3. The Morgan fingerprint density at radius 3 is 2.58 bits per heavy atom. The van der Waals surface area contributed by atoms with Gasteiger partial charge in [0.15, 0.2) is 5.17 Å². The molecule has 26 heavy (non-hydrogen) atoms. The number of piperazine rings is 1. The summed E-state index contributed by atoms with van der Waals surface area (Å²) in [6.07, 6.45) is 1.78. The third kappa shape index (κ3) is 3.92. The van der Waals surface area contributed by atoms with Gasteiger partial charge in [-0.2, -0.15) is 4.99 Å². The molecule has 2 aliphatic heterocycles. The third-order valence-corrected chi connectivity index (χ3v) is 5.58. The predicted molar refractivity (Wildman–Crippen MR) is 105 cm³/mol. The molecule has 134 valence electrons. The van der Waals surface area contributed by atoms with Crippen molar-refractivity contribution in [3.05, 3.63) is 64.5 Å². The third-order valence-electron chi connectivity index (χ3n) is 4.54. The Balaban J connectivity index is 1.34. The molecule has 2 aromatic rings. The zero-order valence-electron chi connectivity index (χ0n) is 14.7. The highest BCUT2D eigenvalue weighted by molar-refractivity contribution is 8.18. The molecule has 2 aliphatic rings. The minimum Gasteiger partial charge on any atom is -0.462 e. The van der Waals surface area contributed by atoms with Crippen molar-refractivity contribution in [2.75, 3.05) is 26.2 Å². The van der Waals surface area contributed by atoms with Crippen LogP contribution in [0.5, 0.6) is 0 Å². The number of carbonyl (C=O) groups excluding carboxylic acids is 1. The molecule has 0 unspecified atom stereocenters. The lowest BCUT2D eigenvalue weighted by atomic mass is 10.2. The van der Waals surface area contributed by atoms with Gasteiger partial charge in [-0.3, -0.25) is 9.69 Å². The van der Waals surface area contributed by atoms with Crippen LogP contribution in [0.2, 0.25) is 0 Å². The number of amidine groups is 1. The molecule has 0 spiro atoms. The van der Waals surface area contributed by atoms with E-state index in [0.29, 0.717) is 10.7 Å². The maximum absolute atomic E-state index is 12.2. The van der Waals surface area contributed by atoms with Crippen molar-refractivity contribution < 1.29 is 9.21 Å². The van der Waals surface area contributed by atoms with Gasteiger partial charge in [0.1, 0.15) is 11.5 Å². The summed E-state index contributed by atoms with van der Waals surface area (Å²) in [5.74, 6) is 1.36. The molecule has 4 rings (SSSR count). The first kappa shape index (κ1) is 17.1. The maximum Gasteiger partial charge on any atom is 0.286 e. The normalized spacial score (nSPS) is 20.0. The lowest BCUT2D eigenvalue weighted by molar-refractivity contribution is -0.113. The number of benzene rings is 1. The quantitative estimate of drug-likeness (QED) is 0.779. The number of hydrogen-bond donors (Lipinski definition) is 0. The second-order valence-electron chi connectivity index (χ2n) is 6.51. The molecular formula is C20H21N3O2S. The molecule has 6 heteroatoms. The fraction of sp³-hybridized carbons (Fsp3) is 0.300. The second kappa shape index (κ2) is 7.51. The van der Waals surface area contributed by atoms with E-state index < -0.39 is 0 Å². The van der Waals surface area contributed by atoms with Gasteiger partial charge in [0, 0.05) is 38.8 Å². The van der Waals surface area contributed by atoms with Crippen LogP contribution in [0.1, 0.15) is 17.1 Å². The number of hydrogen-bond acceptors (Lipinski definition) is 5. The van der Waals surface area contributed by atoms with Crippen LogP contribution in [0.4, 0.5) is 0 Å². The highest BCUT2D eigenvalue weighted by Crippen LogP contribution is 2.31. The first-order valence-electron chi connectivity index (χ1n) is 8.77. The largest absolute Gasteiger partial charge is 0.462 e. The topological polar surface area (TPSA) is 49.0 Å². The Kier molecular flexibility index (Phi) is 4.95. The average Bonchev–Trinajstić information content (AvgIpc) is 3.23. The van der Waals surface area contributed by atoms with Gasteiger partial charge in [-0.15, -0.1) is 0 Å². The van der Waals surface area contributed by atoms with Crippen LogP contribution in [-0.4, -0.2) is 47.1 Å². The molecular weight excluding hydrogens is 346 g/mol. The van der Waals surface area contributed by atoms with E-state index >= 15 is 0 Å². The molecule has 1 fully saturated rings. The molecule has 0 saturated carbocycles. The van der Waals surface area contributed by atoms with E-state index in [1.807, 2.05) is 25.1 Å². The van der Waals surface area contributed by atoms with Crippen molar-refractivity contribution in [1.29, 1.82) is 0 Å². The van der Waals surface area contributed by atoms with E-state index in [-0.39, 0.29) is 5.91 Å². The summed E-state index contributed by atoms with van der Waals surface area (Å²) in [5.41, 5.74) is 1.34. The number of amides is 1. The van der Waals surface area contributed by atoms with Crippen molar-refractivity contribution >= 4 is 28.9 Å². The molecule has 1 aromatic heterocycles. The first-order valence-corrected chi connectivity index (χ1v) is 9.59. The summed E-state index contributed by atoms with van der Waals surface area (Å²) in [5, 5.41) is 0.809. The number of nitrogens with zero attached hydrogens (tertiary/aromatic N) is 3. The molecule has 3 heterocycles.